The molecule has 0 unspecified atom stereocenters. The minimum atomic E-state index is 0.0712. The lowest BCUT2D eigenvalue weighted by molar-refractivity contribution is 0.0508. The van der Waals surface area contributed by atoms with Gasteiger partial charge in [0.05, 0.1) is 6.61 Å². The molecule has 0 bridgehead atoms. The second-order valence-corrected chi connectivity index (χ2v) is 4.29. The first-order valence-corrected chi connectivity index (χ1v) is 5.80. The molecule has 3 nitrogen and oxygen atoms in total. The van der Waals surface area contributed by atoms with Gasteiger partial charge in [0, 0.05) is 12.7 Å². The number of aliphatic hydroxyl groups is 1. The van der Waals surface area contributed by atoms with Gasteiger partial charge in [-0.15, -0.1) is 0 Å². The molecule has 0 amide bonds. The van der Waals surface area contributed by atoms with Crippen LogP contribution in [-0.4, -0.2) is 25.6 Å². The molecule has 2 rings (SSSR count). The van der Waals surface area contributed by atoms with E-state index in [-0.39, 0.29) is 13.4 Å². The maximum atomic E-state index is 9.46. The molecule has 0 aromatic heterocycles. The Morgan fingerprint density at radius 3 is 2.71 bits per heavy atom. The van der Waals surface area contributed by atoms with Crippen molar-refractivity contribution in [3.05, 3.63) is 34.9 Å². The number of allylic oxidation sites excluding steroid dienone is 1. The molecule has 0 atom stereocenters. The number of hydrogen-bond acceptors (Lipinski definition) is 3. The summed E-state index contributed by atoms with van der Waals surface area (Å²) in [6.07, 6.45) is 2.18. The van der Waals surface area contributed by atoms with Crippen LogP contribution in [0.25, 0.3) is 5.57 Å². The van der Waals surface area contributed by atoms with E-state index in [1.807, 2.05) is 25.1 Å². The van der Waals surface area contributed by atoms with E-state index in [4.69, 9.17) is 9.47 Å². The van der Waals surface area contributed by atoms with Crippen molar-refractivity contribution in [2.24, 2.45) is 0 Å². The Balaban J connectivity index is 2.34. The van der Waals surface area contributed by atoms with Gasteiger partial charge in [-0.1, -0.05) is 17.7 Å². The van der Waals surface area contributed by atoms with Crippen LogP contribution in [0.4, 0.5) is 0 Å². The summed E-state index contributed by atoms with van der Waals surface area (Å²) in [5, 5.41) is 9.46. The fourth-order valence-electron chi connectivity index (χ4n) is 1.87. The lowest BCUT2D eigenvalue weighted by Gasteiger charge is -2.13. The summed E-state index contributed by atoms with van der Waals surface area (Å²) in [6.45, 7) is 2.32. The van der Waals surface area contributed by atoms with E-state index >= 15 is 0 Å². The summed E-state index contributed by atoms with van der Waals surface area (Å²) in [4.78, 5) is 0. The molecular weight excluding hydrogens is 216 g/mol. The van der Waals surface area contributed by atoms with E-state index in [9.17, 15) is 5.11 Å². The summed E-state index contributed by atoms with van der Waals surface area (Å²) in [5.74, 6) is 0.787. The second-order valence-electron chi connectivity index (χ2n) is 4.29. The van der Waals surface area contributed by atoms with Gasteiger partial charge in [0.2, 0.25) is 0 Å². The van der Waals surface area contributed by atoms with Gasteiger partial charge >= 0.3 is 0 Å². The van der Waals surface area contributed by atoms with Crippen molar-refractivity contribution in [2.75, 3.05) is 20.5 Å². The zero-order valence-corrected chi connectivity index (χ0v) is 10.3. The molecule has 0 radical (unpaired) electrons. The van der Waals surface area contributed by atoms with E-state index in [1.54, 1.807) is 7.11 Å². The molecule has 1 saturated carbocycles. The van der Waals surface area contributed by atoms with Crippen molar-refractivity contribution in [1.82, 2.24) is 0 Å². The van der Waals surface area contributed by atoms with Crippen LogP contribution >= 0.6 is 0 Å². The highest BCUT2D eigenvalue weighted by atomic mass is 16.7. The van der Waals surface area contributed by atoms with Crippen molar-refractivity contribution in [3.8, 4) is 5.75 Å². The van der Waals surface area contributed by atoms with Gasteiger partial charge in [-0.25, -0.2) is 0 Å². The third-order valence-electron chi connectivity index (χ3n) is 2.88. The number of methoxy groups -OCH3 is 1. The molecule has 0 heterocycles. The van der Waals surface area contributed by atoms with Crippen molar-refractivity contribution in [2.45, 2.75) is 19.8 Å². The average molecular weight is 234 g/mol. The van der Waals surface area contributed by atoms with Crippen LogP contribution in [-0.2, 0) is 4.74 Å². The summed E-state index contributed by atoms with van der Waals surface area (Å²) in [7, 11) is 1.60. The molecule has 1 aliphatic carbocycles. The molecule has 0 saturated heterocycles. The van der Waals surface area contributed by atoms with Crippen molar-refractivity contribution in [3.63, 3.8) is 0 Å². The normalized spacial score (nSPS) is 13.7. The lowest BCUT2D eigenvalue weighted by Crippen LogP contribution is -2.03. The molecule has 92 valence electrons. The number of ether oxygens (including phenoxy) is 2. The van der Waals surface area contributed by atoms with Crippen LogP contribution in [0.15, 0.2) is 23.8 Å². The Labute approximate surface area is 102 Å². The summed E-state index contributed by atoms with van der Waals surface area (Å²) < 4.78 is 10.5. The fourth-order valence-corrected chi connectivity index (χ4v) is 1.87. The maximum Gasteiger partial charge on any atom is 0.188 e. The van der Waals surface area contributed by atoms with Crippen LogP contribution in [0.2, 0.25) is 0 Å². The summed E-state index contributed by atoms with van der Waals surface area (Å²) in [5.41, 5.74) is 4.47. The van der Waals surface area contributed by atoms with Gasteiger partial charge < -0.3 is 14.6 Å². The predicted molar refractivity (Wildman–Crippen MR) is 66.9 cm³/mol. The van der Waals surface area contributed by atoms with Gasteiger partial charge in [-0.3, -0.25) is 0 Å². The van der Waals surface area contributed by atoms with Gasteiger partial charge in [0.1, 0.15) is 5.75 Å². The molecule has 0 spiro atoms. The van der Waals surface area contributed by atoms with Gasteiger partial charge in [0.25, 0.3) is 0 Å². The molecule has 1 fully saturated rings. The monoisotopic (exact) mass is 234 g/mol. The van der Waals surface area contributed by atoms with E-state index in [0.29, 0.717) is 0 Å². The molecule has 17 heavy (non-hydrogen) atoms. The van der Waals surface area contributed by atoms with Crippen LogP contribution in [0.1, 0.15) is 24.0 Å². The van der Waals surface area contributed by atoms with E-state index < -0.39 is 0 Å². The maximum absolute atomic E-state index is 9.46. The molecule has 1 aliphatic rings. The van der Waals surface area contributed by atoms with Crippen molar-refractivity contribution >= 4 is 5.57 Å². The Morgan fingerprint density at radius 1 is 1.35 bits per heavy atom. The first-order chi connectivity index (χ1) is 8.26. The number of aryl methyl sites for hydroxylation is 1. The van der Waals surface area contributed by atoms with Crippen LogP contribution < -0.4 is 4.74 Å². The average Bonchev–Trinajstić information content (AvgIpc) is 3.14. The minimum absolute atomic E-state index is 0.0712. The number of hydrogen-bond donors (Lipinski definition) is 1. The zero-order chi connectivity index (χ0) is 12.3. The van der Waals surface area contributed by atoms with Crippen LogP contribution in [0, 0.1) is 6.92 Å². The summed E-state index contributed by atoms with van der Waals surface area (Å²) in [6, 6.07) is 6.03. The number of benzene rings is 1. The SMILES string of the molecule is COCOc1cc(C)ccc1C(CO)=C1CC1. The third kappa shape index (κ3) is 2.87. The van der Waals surface area contributed by atoms with Crippen LogP contribution in [0.3, 0.4) is 0 Å². The fraction of sp³-hybridized carbons (Fsp3) is 0.429. The smallest absolute Gasteiger partial charge is 0.188 e. The minimum Gasteiger partial charge on any atom is -0.467 e. The van der Waals surface area contributed by atoms with E-state index in [2.05, 4.69) is 0 Å². The van der Waals surface area contributed by atoms with Crippen molar-refractivity contribution in [1.29, 1.82) is 0 Å². The van der Waals surface area contributed by atoms with Gasteiger partial charge in [-0.2, -0.15) is 0 Å². The van der Waals surface area contributed by atoms with Gasteiger partial charge in [0.15, 0.2) is 6.79 Å². The molecule has 1 aromatic rings. The zero-order valence-electron chi connectivity index (χ0n) is 10.3. The topological polar surface area (TPSA) is 38.7 Å². The summed E-state index contributed by atoms with van der Waals surface area (Å²) >= 11 is 0. The first-order valence-electron chi connectivity index (χ1n) is 5.80. The number of aliphatic hydroxyl groups excluding tert-OH is 1. The molecule has 3 heteroatoms. The largest absolute Gasteiger partial charge is 0.467 e. The highest BCUT2D eigenvalue weighted by molar-refractivity contribution is 5.76. The third-order valence-corrected chi connectivity index (χ3v) is 2.88. The second kappa shape index (κ2) is 5.34. The van der Waals surface area contributed by atoms with E-state index in [1.165, 1.54) is 5.57 Å². The van der Waals surface area contributed by atoms with E-state index in [0.717, 1.165) is 35.3 Å². The number of rotatable bonds is 5. The Hall–Kier alpha value is -1.32. The quantitative estimate of drug-likeness (QED) is 0.796. The molecule has 0 aliphatic heterocycles. The van der Waals surface area contributed by atoms with Crippen molar-refractivity contribution < 1.29 is 14.6 Å². The molecule has 1 aromatic carbocycles. The highest BCUT2D eigenvalue weighted by Gasteiger charge is 2.20. The molecule has 1 N–H and O–H groups in total. The predicted octanol–water partition coefficient (Wildman–Crippen LogP) is 2.52. The first kappa shape index (κ1) is 12.1. The Kier molecular flexibility index (Phi) is 3.82. The molecular formula is C14H18O3. The van der Waals surface area contributed by atoms with Crippen LogP contribution in [0.5, 0.6) is 5.75 Å². The van der Waals surface area contributed by atoms with Gasteiger partial charge in [-0.05, 0) is 37.0 Å². The Bertz CT molecular complexity index is 429. The highest BCUT2D eigenvalue weighted by Crippen LogP contribution is 2.39. The standard InChI is InChI=1S/C14H18O3/c1-10-3-6-12(13(8-15)11-4-5-11)14(7-10)17-9-16-2/h3,6-7,15H,4-5,8-9H2,1-2H3. The Morgan fingerprint density at radius 2 is 2.12 bits per heavy atom. The lowest BCUT2D eigenvalue weighted by atomic mass is 10.0.